The smallest absolute Gasteiger partial charge is 0.258 e. The van der Waals surface area contributed by atoms with Gasteiger partial charge < -0.3 is 14.5 Å². The monoisotopic (exact) mass is 421 g/mol. The SMILES string of the molecule is C[C@H](NC(=O)COc1ccc(I)cc1)c1cc2ccccc2o1. The first-order chi connectivity index (χ1) is 11.1. The fourth-order valence-corrected chi connectivity index (χ4v) is 2.61. The molecular formula is C18H16INO3. The third kappa shape index (κ3) is 4.04. The van der Waals surface area contributed by atoms with Crippen LogP contribution in [0.3, 0.4) is 0 Å². The molecule has 0 aliphatic heterocycles. The lowest BCUT2D eigenvalue weighted by molar-refractivity contribution is -0.123. The molecule has 0 saturated carbocycles. The molecule has 23 heavy (non-hydrogen) atoms. The fourth-order valence-electron chi connectivity index (χ4n) is 2.25. The maximum Gasteiger partial charge on any atom is 0.258 e. The van der Waals surface area contributed by atoms with Crippen LogP contribution in [0, 0.1) is 3.57 Å². The Hall–Kier alpha value is -2.02. The average molecular weight is 421 g/mol. The molecule has 118 valence electrons. The maximum atomic E-state index is 12.0. The van der Waals surface area contributed by atoms with E-state index in [1.807, 2.05) is 61.5 Å². The topological polar surface area (TPSA) is 51.5 Å². The molecule has 5 heteroatoms. The molecule has 3 aromatic rings. The van der Waals surface area contributed by atoms with Gasteiger partial charge in [-0.05, 0) is 65.9 Å². The lowest BCUT2D eigenvalue weighted by atomic mass is 10.2. The van der Waals surface area contributed by atoms with E-state index in [9.17, 15) is 4.79 Å². The van der Waals surface area contributed by atoms with Crippen molar-refractivity contribution in [3.63, 3.8) is 0 Å². The van der Waals surface area contributed by atoms with E-state index in [0.717, 1.165) is 20.3 Å². The van der Waals surface area contributed by atoms with Crippen molar-refractivity contribution in [3.8, 4) is 5.75 Å². The normalized spacial score (nSPS) is 12.1. The molecule has 1 aromatic heterocycles. The largest absolute Gasteiger partial charge is 0.484 e. The molecule has 2 aromatic carbocycles. The molecule has 1 amide bonds. The van der Waals surface area contributed by atoms with Gasteiger partial charge in [0.1, 0.15) is 17.1 Å². The zero-order valence-corrected chi connectivity index (χ0v) is 14.7. The van der Waals surface area contributed by atoms with Crippen LogP contribution in [0.1, 0.15) is 18.7 Å². The highest BCUT2D eigenvalue weighted by Crippen LogP contribution is 2.23. The zero-order chi connectivity index (χ0) is 16.2. The quantitative estimate of drug-likeness (QED) is 0.626. The van der Waals surface area contributed by atoms with Gasteiger partial charge in [-0.1, -0.05) is 18.2 Å². The van der Waals surface area contributed by atoms with Crippen molar-refractivity contribution in [3.05, 3.63) is 63.9 Å². The standard InChI is InChI=1S/C18H16INO3/c1-12(17-10-13-4-2-3-5-16(13)23-17)20-18(21)11-22-15-8-6-14(19)7-9-15/h2-10,12H,11H2,1H3,(H,20,21)/t12-/m0/s1. The van der Waals surface area contributed by atoms with Gasteiger partial charge in [-0.2, -0.15) is 0 Å². The summed E-state index contributed by atoms with van der Waals surface area (Å²) >= 11 is 2.22. The highest BCUT2D eigenvalue weighted by molar-refractivity contribution is 14.1. The first kappa shape index (κ1) is 15.9. The van der Waals surface area contributed by atoms with Crippen molar-refractivity contribution in [1.29, 1.82) is 0 Å². The third-order valence-corrected chi connectivity index (χ3v) is 4.15. The Bertz CT molecular complexity index is 778. The molecule has 3 rings (SSSR count). The van der Waals surface area contributed by atoms with Crippen LogP contribution in [0.15, 0.2) is 59.0 Å². The van der Waals surface area contributed by atoms with E-state index in [4.69, 9.17) is 9.15 Å². The zero-order valence-electron chi connectivity index (χ0n) is 12.6. The molecule has 0 radical (unpaired) electrons. The summed E-state index contributed by atoms with van der Waals surface area (Å²) in [5, 5.41) is 3.91. The molecule has 1 N–H and O–H groups in total. The summed E-state index contributed by atoms with van der Waals surface area (Å²) in [5.41, 5.74) is 0.818. The average Bonchev–Trinajstić information content (AvgIpc) is 2.98. The fraction of sp³-hybridized carbons (Fsp3) is 0.167. The van der Waals surface area contributed by atoms with Crippen LogP contribution in [0.25, 0.3) is 11.0 Å². The summed E-state index contributed by atoms with van der Waals surface area (Å²) < 4.78 is 12.3. The number of carbonyl (C=O) groups excluding carboxylic acids is 1. The molecule has 0 bridgehead atoms. The Morgan fingerprint density at radius 1 is 1.22 bits per heavy atom. The highest BCUT2D eigenvalue weighted by Gasteiger charge is 2.14. The Balaban J connectivity index is 1.57. The van der Waals surface area contributed by atoms with Gasteiger partial charge in [-0.25, -0.2) is 0 Å². The van der Waals surface area contributed by atoms with Crippen molar-refractivity contribution < 1.29 is 13.9 Å². The van der Waals surface area contributed by atoms with E-state index in [-0.39, 0.29) is 18.6 Å². The molecule has 0 unspecified atom stereocenters. The van der Waals surface area contributed by atoms with E-state index in [0.29, 0.717) is 5.75 Å². The number of para-hydroxylation sites is 1. The van der Waals surface area contributed by atoms with E-state index in [1.165, 1.54) is 0 Å². The van der Waals surface area contributed by atoms with Crippen molar-refractivity contribution in [1.82, 2.24) is 5.32 Å². The Morgan fingerprint density at radius 2 is 1.96 bits per heavy atom. The molecule has 0 aliphatic rings. The summed E-state index contributed by atoms with van der Waals surface area (Å²) in [7, 11) is 0. The van der Waals surface area contributed by atoms with Gasteiger partial charge in [0.15, 0.2) is 6.61 Å². The minimum Gasteiger partial charge on any atom is -0.484 e. The number of halogens is 1. The van der Waals surface area contributed by atoms with Crippen LogP contribution in [0.5, 0.6) is 5.75 Å². The second kappa shape index (κ2) is 7.04. The second-order valence-electron chi connectivity index (χ2n) is 5.22. The van der Waals surface area contributed by atoms with Gasteiger partial charge in [0.2, 0.25) is 0 Å². The van der Waals surface area contributed by atoms with Crippen LogP contribution in [-0.2, 0) is 4.79 Å². The third-order valence-electron chi connectivity index (χ3n) is 3.43. The summed E-state index contributed by atoms with van der Waals surface area (Å²) in [6, 6.07) is 17.1. The van der Waals surface area contributed by atoms with Crippen molar-refractivity contribution in [2.24, 2.45) is 0 Å². The molecule has 0 saturated heterocycles. The minimum absolute atomic E-state index is 0.0227. The molecule has 0 fully saturated rings. The highest BCUT2D eigenvalue weighted by atomic mass is 127. The number of amides is 1. The van der Waals surface area contributed by atoms with Crippen LogP contribution in [0.2, 0.25) is 0 Å². The van der Waals surface area contributed by atoms with E-state index >= 15 is 0 Å². The van der Waals surface area contributed by atoms with Crippen LogP contribution >= 0.6 is 22.6 Å². The summed E-state index contributed by atoms with van der Waals surface area (Å²) in [6.45, 7) is 1.87. The summed E-state index contributed by atoms with van der Waals surface area (Å²) in [5.74, 6) is 1.22. The number of nitrogens with one attached hydrogen (secondary N) is 1. The molecule has 4 nitrogen and oxygen atoms in total. The van der Waals surface area contributed by atoms with E-state index in [1.54, 1.807) is 0 Å². The Kier molecular flexibility index (Phi) is 4.85. The number of furan rings is 1. The Labute approximate surface area is 148 Å². The van der Waals surface area contributed by atoms with Crippen molar-refractivity contribution in [2.45, 2.75) is 13.0 Å². The number of ether oxygens (including phenoxy) is 1. The predicted octanol–water partition coefficient (Wildman–Crippen LogP) is 4.29. The summed E-state index contributed by atoms with van der Waals surface area (Å²) in [4.78, 5) is 12.0. The second-order valence-corrected chi connectivity index (χ2v) is 6.46. The molecule has 1 atom stereocenters. The van der Waals surface area contributed by atoms with Gasteiger partial charge >= 0.3 is 0 Å². The maximum absolute atomic E-state index is 12.0. The van der Waals surface area contributed by atoms with Gasteiger partial charge in [0, 0.05) is 8.96 Å². The van der Waals surface area contributed by atoms with Crippen molar-refractivity contribution in [2.75, 3.05) is 6.61 Å². The van der Waals surface area contributed by atoms with E-state index in [2.05, 4.69) is 27.9 Å². The lowest BCUT2D eigenvalue weighted by Crippen LogP contribution is -2.31. The van der Waals surface area contributed by atoms with Crippen LogP contribution < -0.4 is 10.1 Å². The van der Waals surface area contributed by atoms with Gasteiger partial charge in [0.05, 0.1) is 6.04 Å². The molecule has 0 spiro atoms. The molecule has 0 aliphatic carbocycles. The Morgan fingerprint density at radius 3 is 2.70 bits per heavy atom. The number of carbonyl (C=O) groups is 1. The van der Waals surface area contributed by atoms with Crippen molar-refractivity contribution >= 4 is 39.5 Å². The lowest BCUT2D eigenvalue weighted by Gasteiger charge is -2.12. The number of benzene rings is 2. The first-order valence-electron chi connectivity index (χ1n) is 7.28. The van der Waals surface area contributed by atoms with Crippen LogP contribution in [-0.4, -0.2) is 12.5 Å². The molecule has 1 heterocycles. The molecular weight excluding hydrogens is 405 g/mol. The minimum atomic E-state index is -0.213. The van der Waals surface area contributed by atoms with Gasteiger partial charge in [-0.3, -0.25) is 4.79 Å². The number of rotatable bonds is 5. The predicted molar refractivity (Wildman–Crippen MR) is 97.4 cm³/mol. The number of hydrogen-bond acceptors (Lipinski definition) is 3. The number of fused-ring (bicyclic) bond motifs is 1. The van der Waals surface area contributed by atoms with Crippen LogP contribution in [0.4, 0.5) is 0 Å². The van der Waals surface area contributed by atoms with Gasteiger partial charge in [0.25, 0.3) is 5.91 Å². The van der Waals surface area contributed by atoms with E-state index < -0.39 is 0 Å². The number of hydrogen-bond donors (Lipinski definition) is 1. The first-order valence-corrected chi connectivity index (χ1v) is 8.36. The summed E-state index contributed by atoms with van der Waals surface area (Å²) in [6.07, 6.45) is 0. The van der Waals surface area contributed by atoms with Gasteiger partial charge in [-0.15, -0.1) is 0 Å².